The Hall–Kier alpha value is -2.17. The lowest BCUT2D eigenvalue weighted by Gasteiger charge is -2.27. The Bertz CT molecular complexity index is 865. The van der Waals surface area contributed by atoms with Gasteiger partial charge in [-0.05, 0) is 47.0 Å². The molecule has 4 rings (SSSR count). The zero-order valence-electron chi connectivity index (χ0n) is 13.2. The first-order chi connectivity index (χ1) is 11.7. The molecule has 1 fully saturated rings. The SMILES string of the molecule is O=C(NCC(O)(c1cccs1)C1CC1)c1cccc2ccccc12. The van der Waals surface area contributed by atoms with E-state index in [1.165, 1.54) is 0 Å². The minimum Gasteiger partial charge on any atom is -0.382 e. The molecule has 0 saturated heterocycles. The molecule has 3 nitrogen and oxygen atoms in total. The van der Waals surface area contributed by atoms with E-state index < -0.39 is 5.60 Å². The Morgan fingerprint density at radius 1 is 1.12 bits per heavy atom. The molecule has 2 aromatic carbocycles. The molecular formula is C20H19NO2S. The van der Waals surface area contributed by atoms with E-state index in [0.717, 1.165) is 28.5 Å². The highest BCUT2D eigenvalue weighted by atomic mass is 32.1. The summed E-state index contributed by atoms with van der Waals surface area (Å²) in [6, 6.07) is 17.5. The van der Waals surface area contributed by atoms with Crippen molar-refractivity contribution in [1.82, 2.24) is 5.32 Å². The van der Waals surface area contributed by atoms with E-state index in [-0.39, 0.29) is 18.4 Å². The van der Waals surface area contributed by atoms with Crippen LogP contribution in [0.3, 0.4) is 0 Å². The van der Waals surface area contributed by atoms with Gasteiger partial charge < -0.3 is 10.4 Å². The van der Waals surface area contributed by atoms with Gasteiger partial charge in [-0.3, -0.25) is 4.79 Å². The summed E-state index contributed by atoms with van der Waals surface area (Å²) in [5.41, 5.74) is -0.300. The average Bonchev–Trinajstić information content (AvgIpc) is 3.33. The fourth-order valence-corrected chi connectivity index (χ4v) is 4.16. The Morgan fingerprint density at radius 2 is 1.92 bits per heavy atom. The number of hydrogen-bond acceptors (Lipinski definition) is 3. The van der Waals surface area contributed by atoms with Crippen LogP contribution in [-0.4, -0.2) is 17.6 Å². The second-order valence-electron chi connectivity index (χ2n) is 6.39. The first-order valence-electron chi connectivity index (χ1n) is 8.21. The maximum Gasteiger partial charge on any atom is 0.252 e. The van der Waals surface area contributed by atoms with Crippen molar-refractivity contribution in [2.45, 2.75) is 18.4 Å². The highest BCUT2D eigenvalue weighted by Gasteiger charge is 2.46. The van der Waals surface area contributed by atoms with Gasteiger partial charge in [0.2, 0.25) is 0 Å². The third-order valence-corrected chi connectivity index (χ3v) is 5.79. The lowest BCUT2D eigenvalue weighted by molar-refractivity contribution is 0.0169. The van der Waals surface area contributed by atoms with E-state index >= 15 is 0 Å². The predicted molar refractivity (Wildman–Crippen MR) is 97.2 cm³/mol. The summed E-state index contributed by atoms with van der Waals surface area (Å²) in [5, 5.41) is 18.0. The maximum atomic E-state index is 12.7. The molecule has 1 atom stereocenters. The van der Waals surface area contributed by atoms with Gasteiger partial charge >= 0.3 is 0 Å². The number of carbonyl (C=O) groups is 1. The molecule has 1 aromatic heterocycles. The number of carbonyl (C=O) groups excluding carboxylic acids is 1. The van der Waals surface area contributed by atoms with Gasteiger partial charge in [-0.2, -0.15) is 0 Å². The smallest absolute Gasteiger partial charge is 0.252 e. The van der Waals surface area contributed by atoms with E-state index in [9.17, 15) is 9.90 Å². The van der Waals surface area contributed by atoms with Gasteiger partial charge in [0.15, 0.2) is 0 Å². The highest BCUT2D eigenvalue weighted by molar-refractivity contribution is 7.10. The zero-order chi connectivity index (χ0) is 16.6. The fourth-order valence-electron chi connectivity index (χ4n) is 3.25. The second kappa shape index (κ2) is 6.04. The predicted octanol–water partition coefficient (Wildman–Crippen LogP) is 3.93. The molecule has 122 valence electrons. The van der Waals surface area contributed by atoms with E-state index in [1.54, 1.807) is 11.3 Å². The second-order valence-corrected chi connectivity index (χ2v) is 7.33. The normalized spacial score (nSPS) is 16.7. The summed E-state index contributed by atoms with van der Waals surface area (Å²) in [6.07, 6.45) is 2.02. The first kappa shape index (κ1) is 15.4. The largest absolute Gasteiger partial charge is 0.382 e. The summed E-state index contributed by atoms with van der Waals surface area (Å²) in [4.78, 5) is 13.6. The van der Waals surface area contributed by atoms with Gasteiger partial charge in [0.05, 0.1) is 6.54 Å². The molecule has 3 aromatic rings. The molecular weight excluding hydrogens is 318 g/mol. The van der Waals surface area contributed by atoms with Crippen LogP contribution in [0.15, 0.2) is 60.0 Å². The van der Waals surface area contributed by atoms with Gasteiger partial charge in [0, 0.05) is 10.4 Å². The molecule has 24 heavy (non-hydrogen) atoms. The standard InChI is InChI=1S/C20H19NO2S/c22-19(17-8-3-6-14-5-1-2-7-16(14)17)21-13-20(23,15-10-11-15)18-9-4-12-24-18/h1-9,12,15,23H,10-11,13H2,(H,21,22). The topological polar surface area (TPSA) is 49.3 Å². The number of nitrogens with one attached hydrogen (secondary N) is 1. The number of benzene rings is 2. The third kappa shape index (κ3) is 2.72. The quantitative estimate of drug-likeness (QED) is 0.741. The van der Waals surface area contributed by atoms with Crippen LogP contribution in [0.25, 0.3) is 10.8 Å². The summed E-state index contributed by atoms with van der Waals surface area (Å²) >= 11 is 1.55. The van der Waals surface area contributed by atoms with Gasteiger partial charge in [-0.15, -0.1) is 11.3 Å². The van der Waals surface area contributed by atoms with Crippen molar-refractivity contribution in [3.05, 3.63) is 70.4 Å². The minimum atomic E-state index is -0.950. The van der Waals surface area contributed by atoms with Crippen molar-refractivity contribution in [3.8, 4) is 0 Å². The van der Waals surface area contributed by atoms with E-state index in [0.29, 0.717) is 5.56 Å². The van der Waals surface area contributed by atoms with Crippen molar-refractivity contribution < 1.29 is 9.90 Å². The molecule has 1 aliphatic carbocycles. The van der Waals surface area contributed by atoms with Crippen LogP contribution in [0.5, 0.6) is 0 Å². The van der Waals surface area contributed by atoms with E-state index in [1.807, 2.05) is 60.0 Å². The highest BCUT2D eigenvalue weighted by Crippen LogP contribution is 2.46. The number of fused-ring (bicyclic) bond motifs is 1. The molecule has 1 amide bonds. The molecule has 1 saturated carbocycles. The number of aliphatic hydroxyl groups is 1. The number of amides is 1. The Morgan fingerprint density at radius 3 is 2.67 bits per heavy atom. The van der Waals surface area contributed by atoms with Crippen LogP contribution < -0.4 is 5.32 Å². The summed E-state index contributed by atoms with van der Waals surface area (Å²) in [7, 11) is 0. The lowest BCUT2D eigenvalue weighted by atomic mass is 9.95. The molecule has 0 bridgehead atoms. The van der Waals surface area contributed by atoms with Gasteiger partial charge in [0.1, 0.15) is 5.60 Å². The average molecular weight is 337 g/mol. The minimum absolute atomic E-state index is 0.137. The number of rotatable bonds is 5. The molecule has 4 heteroatoms. The number of hydrogen-bond donors (Lipinski definition) is 2. The Labute approximate surface area is 144 Å². The zero-order valence-corrected chi connectivity index (χ0v) is 14.1. The lowest BCUT2D eigenvalue weighted by Crippen LogP contribution is -2.42. The molecule has 0 radical (unpaired) electrons. The maximum absolute atomic E-state index is 12.7. The van der Waals surface area contributed by atoms with E-state index in [2.05, 4.69) is 5.32 Å². The van der Waals surface area contributed by atoms with Crippen LogP contribution in [-0.2, 0) is 5.60 Å². The summed E-state index contributed by atoms with van der Waals surface area (Å²) in [5.74, 6) is 0.103. The van der Waals surface area contributed by atoms with Crippen LogP contribution in [0, 0.1) is 5.92 Å². The molecule has 1 heterocycles. The van der Waals surface area contributed by atoms with Crippen molar-refractivity contribution in [1.29, 1.82) is 0 Å². The van der Waals surface area contributed by atoms with Gasteiger partial charge in [-0.25, -0.2) is 0 Å². The summed E-state index contributed by atoms with van der Waals surface area (Å²) in [6.45, 7) is 0.250. The van der Waals surface area contributed by atoms with Crippen molar-refractivity contribution in [2.75, 3.05) is 6.54 Å². The van der Waals surface area contributed by atoms with Crippen molar-refractivity contribution >= 4 is 28.0 Å². The monoisotopic (exact) mass is 337 g/mol. The van der Waals surface area contributed by atoms with Gasteiger partial charge in [0.25, 0.3) is 5.91 Å². The third-order valence-electron chi connectivity index (χ3n) is 4.75. The summed E-state index contributed by atoms with van der Waals surface area (Å²) < 4.78 is 0. The molecule has 1 unspecified atom stereocenters. The van der Waals surface area contributed by atoms with E-state index in [4.69, 9.17) is 0 Å². The van der Waals surface area contributed by atoms with Crippen LogP contribution in [0.1, 0.15) is 28.1 Å². The molecule has 0 aliphatic heterocycles. The fraction of sp³-hybridized carbons (Fsp3) is 0.250. The molecule has 0 spiro atoms. The Balaban J connectivity index is 1.57. The number of thiophene rings is 1. The van der Waals surface area contributed by atoms with Crippen molar-refractivity contribution in [3.63, 3.8) is 0 Å². The first-order valence-corrected chi connectivity index (χ1v) is 9.09. The molecule has 1 aliphatic rings. The van der Waals surface area contributed by atoms with Crippen molar-refractivity contribution in [2.24, 2.45) is 5.92 Å². The van der Waals surface area contributed by atoms with Crippen LogP contribution in [0.4, 0.5) is 0 Å². The van der Waals surface area contributed by atoms with Gasteiger partial charge in [-0.1, -0.05) is 42.5 Å². The molecule has 2 N–H and O–H groups in total. The Kier molecular flexibility index (Phi) is 3.87. The van der Waals surface area contributed by atoms with Crippen LogP contribution >= 0.6 is 11.3 Å². The van der Waals surface area contributed by atoms with Crippen LogP contribution in [0.2, 0.25) is 0 Å².